The summed E-state index contributed by atoms with van der Waals surface area (Å²) >= 11 is 0. The third-order valence-electron chi connectivity index (χ3n) is 3.69. The molecule has 2 aromatic rings. The van der Waals surface area contributed by atoms with Crippen LogP contribution in [0.5, 0.6) is 11.5 Å². The highest BCUT2D eigenvalue weighted by atomic mass is 32.2. The molecule has 26 heavy (non-hydrogen) atoms. The fraction of sp³-hybridized carbons (Fsp3) is 0.316. The molecule has 0 amide bonds. The van der Waals surface area contributed by atoms with Crippen LogP contribution >= 0.6 is 0 Å². The third kappa shape index (κ3) is 4.83. The molecule has 0 aromatic heterocycles. The molecule has 6 nitrogen and oxygen atoms in total. The molecule has 0 aliphatic rings. The van der Waals surface area contributed by atoms with E-state index in [1.807, 2.05) is 6.92 Å². The minimum atomic E-state index is -4.08. The molecular weight excluding hydrogens is 356 g/mol. The van der Waals surface area contributed by atoms with Gasteiger partial charge < -0.3 is 13.7 Å². The molecule has 0 saturated heterocycles. The number of hydrogen-bond donors (Lipinski definition) is 0. The van der Waals surface area contributed by atoms with Gasteiger partial charge in [0, 0.05) is 7.11 Å². The number of methoxy groups -OCH3 is 1. The minimum Gasteiger partial charge on any atom is -0.491 e. The van der Waals surface area contributed by atoms with Crippen molar-refractivity contribution in [1.82, 2.24) is 0 Å². The summed E-state index contributed by atoms with van der Waals surface area (Å²) in [6.07, 6.45) is 0. The molecule has 0 radical (unpaired) electrons. The van der Waals surface area contributed by atoms with E-state index < -0.39 is 10.1 Å². The summed E-state index contributed by atoms with van der Waals surface area (Å²) < 4.78 is 40.8. The molecule has 0 fully saturated rings. The number of ether oxygens (including phenoxy) is 2. The Bertz CT molecular complexity index is 902. The van der Waals surface area contributed by atoms with E-state index in [1.54, 1.807) is 32.2 Å². The predicted octanol–water partition coefficient (Wildman–Crippen LogP) is 3.30. The Balaban J connectivity index is 2.28. The Morgan fingerprint density at radius 3 is 2.31 bits per heavy atom. The summed E-state index contributed by atoms with van der Waals surface area (Å²) in [4.78, 5) is 11.8. The molecule has 0 N–H and O–H groups in total. The van der Waals surface area contributed by atoms with Crippen molar-refractivity contribution in [1.29, 1.82) is 0 Å². The quantitative estimate of drug-likeness (QED) is 0.398. The van der Waals surface area contributed by atoms with Crippen molar-refractivity contribution in [2.45, 2.75) is 25.7 Å². The van der Waals surface area contributed by atoms with Gasteiger partial charge >= 0.3 is 10.1 Å². The first-order chi connectivity index (χ1) is 12.2. The fourth-order valence-corrected chi connectivity index (χ4v) is 3.37. The number of aryl methyl sites for hydroxylation is 2. The van der Waals surface area contributed by atoms with Gasteiger partial charge in [-0.3, -0.25) is 4.79 Å². The Hall–Kier alpha value is -2.38. The normalized spacial score (nSPS) is 11.2. The Morgan fingerprint density at radius 1 is 1.00 bits per heavy atom. The smallest absolute Gasteiger partial charge is 0.339 e. The standard InChI is InChI=1S/C19H22O6S/c1-13-5-7-19(17(11-13)15(3)20)25-26(21,22)16-6-8-18(14(2)12-16)24-10-9-23-4/h5-8,11-12H,9-10H2,1-4H3. The van der Waals surface area contributed by atoms with Gasteiger partial charge in [-0.25, -0.2) is 0 Å². The van der Waals surface area contributed by atoms with Crippen LogP contribution < -0.4 is 8.92 Å². The summed E-state index contributed by atoms with van der Waals surface area (Å²) in [5.74, 6) is 0.318. The van der Waals surface area contributed by atoms with E-state index in [4.69, 9.17) is 13.7 Å². The zero-order valence-electron chi connectivity index (χ0n) is 15.2. The van der Waals surface area contributed by atoms with Gasteiger partial charge in [-0.2, -0.15) is 8.42 Å². The van der Waals surface area contributed by atoms with Crippen molar-refractivity contribution in [3.8, 4) is 11.5 Å². The van der Waals surface area contributed by atoms with E-state index in [9.17, 15) is 13.2 Å². The maximum Gasteiger partial charge on any atom is 0.339 e. The van der Waals surface area contributed by atoms with Crippen molar-refractivity contribution in [3.05, 3.63) is 53.1 Å². The van der Waals surface area contributed by atoms with Crippen LogP contribution in [0.2, 0.25) is 0 Å². The Morgan fingerprint density at radius 2 is 1.69 bits per heavy atom. The zero-order valence-corrected chi connectivity index (χ0v) is 16.1. The second-order valence-corrected chi connectivity index (χ2v) is 7.41. The highest BCUT2D eigenvalue weighted by molar-refractivity contribution is 7.87. The van der Waals surface area contributed by atoms with E-state index in [-0.39, 0.29) is 22.0 Å². The number of carbonyl (C=O) groups excluding carboxylic acids is 1. The van der Waals surface area contributed by atoms with E-state index in [1.165, 1.54) is 25.1 Å². The van der Waals surface area contributed by atoms with Crippen molar-refractivity contribution >= 4 is 15.9 Å². The summed E-state index contributed by atoms with van der Waals surface area (Å²) in [6, 6.07) is 9.23. The van der Waals surface area contributed by atoms with E-state index >= 15 is 0 Å². The van der Waals surface area contributed by atoms with Crippen LogP contribution in [-0.2, 0) is 14.9 Å². The van der Waals surface area contributed by atoms with Gasteiger partial charge in [0.1, 0.15) is 17.3 Å². The van der Waals surface area contributed by atoms with Gasteiger partial charge in [0.25, 0.3) is 0 Å². The lowest BCUT2D eigenvalue weighted by molar-refractivity contribution is 0.101. The van der Waals surface area contributed by atoms with Crippen LogP contribution in [0.3, 0.4) is 0 Å². The maximum absolute atomic E-state index is 12.6. The predicted molar refractivity (Wildman–Crippen MR) is 97.5 cm³/mol. The van der Waals surface area contributed by atoms with Crippen LogP contribution in [0, 0.1) is 13.8 Å². The lowest BCUT2D eigenvalue weighted by Gasteiger charge is -2.13. The highest BCUT2D eigenvalue weighted by Gasteiger charge is 2.21. The molecule has 7 heteroatoms. The average Bonchev–Trinajstić information content (AvgIpc) is 2.57. The topological polar surface area (TPSA) is 78.9 Å². The van der Waals surface area contributed by atoms with Gasteiger partial charge in [0.2, 0.25) is 0 Å². The number of hydrogen-bond acceptors (Lipinski definition) is 6. The summed E-state index contributed by atoms with van der Waals surface area (Å²) in [7, 11) is -2.51. The molecule has 0 aliphatic heterocycles. The van der Waals surface area contributed by atoms with Gasteiger partial charge in [-0.1, -0.05) is 11.6 Å². The van der Waals surface area contributed by atoms with Crippen LogP contribution in [0.1, 0.15) is 28.4 Å². The second kappa shape index (κ2) is 8.33. The molecule has 0 atom stereocenters. The molecule has 2 aromatic carbocycles. The van der Waals surface area contributed by atoms with Crippen molar-refractivity contribution in [2.24, 2.45) is 0 Å². The van der Waals surface area contributed by atoms with E-state index in [0.29, 0.717) is 24.5 Å². The van der Waals surface area contributed by atoms with E-state index in [0.717, 1.165) is 5.56 Å². The number of benzene rings is 2. The summed E-state index contributed by atoms with van der Waals surface area (Å²) in [5.41, 5.74) is 1.72. The van der Waals surface area contributed by atoms with Gasteiger partial charge in [0.15, 0.2) is 11.5 Å². The largest absolute Gasteiger partial charge is 0.491 e. The molecule has 0 saturated carbocycles. The first-order valence-electron chi connectivity index (χ1n) is 8.03. The zero-order chi connectivity index (χ0) is 19.3. The molecular formula is C19H22O6S. The molecule has 0 unspecified atom stereocenters. The third-order valence-corrected chi connectivity index (χ3v) is 4.92. The molecule has 0 bridgehead atoms. The lowest BCUT2D eigenvalue weighted by atomic mass is 10.1. The fourth-order valence-electron chi connectivity index (χ4n) is 2.33. The lowest BCUT2D eigenvalue weighted by Crippen LogP contribution is -2.13. The summed E-state index contributed by atoms with van der Waals surface area (Å²) in [6.45, 7) is 5.73. The van der Waals surface area contributed by atoms with Crippen LogP contribution in [0.15, 0.2) is 41.3 Å². The van der Waals surface area contributed by atoms with Crippen LogP contribution in [0.4, 0.5) is 0 Å². The van der Waals surface area contributed by atoms with Gasteiger partial charge in [0.05, 0.1) is 12.2 Å². The Kier molecular flexibility index (Phi) is 6.39. The molecule has 0 spiro atoms. The number of rotatable bonds is 8. The second-order valence-electron chi connectivity index (χ2n) is 5.86. The van der Waals surface area contributed by atoms with Gasteiger partial charge in [-0.15, -0.1) is 0 Å². The monoisotopic (exact) mass is 378 g/mol. The van der Waals surface area contributed by atoms with E-state index in [2.05, 4.69) is 0 Å². The Labute approximate surface area is 153 Å². The molecule has 0 aliphatic carbocycles. The van der Waals surface area contributed by atoms with Crippen molar-refractivity contribution < 1.29 is 26.9 Å². The first-order valence-corrected chi connectivity index (χ1v) is 9.44. The van der Waals surface area contributed by atoms with Crippen molar-refractivity contribution in [3.63, 3.8) is 0 Å². The molecule has 140 valence electrons. The number of carbonyl (C=O) groups is 1. The molecule has 2 rings (SSSR count). The van der Waals surface area contributed by atoms with Gasteiger partial charge in [-0.05, 0) is 56.7 Å². The van der Waals surface area contributed by atoms with Crippen molar-refractivity contribution in [2.75, 3.05) is 20.3 Å². The minimum absolute atomic E-state index is 0.0100. The average molecular weight is 378 g/mol. The summed E-state index contributed by atoms with van der Waals surface area (Å²) in [5, 5.41) is 0. The first kappa shape index (κ1) is 19.9. The van der Waals surface area contributed by atoms with Crippen LogP contribution in [-0.4, -0.2) is 34.5 Å². The maximum atomic E-state index is 12.6. The SMILES string of the molecule is COCCOc1ccc(S(=O)(=O)Oc2ccc(C)cc2C(C)=O)cc1C. The molecule has 0 heterocycles. The number of ketones is 1. The van der Waals surface area contributed by atoms with Crippen LogP contribution in [0.25, 0.3) is 0 Å². The number of Topliss-reactive ketones (excluding diaryl/α,β-unsaturated/α-hetero) is 1. The highest BCUT2D eigenvalue weighted by Crippen LogP contribution is 2.27.